The minimum Gasteiger partial charge on any atom is -0.376 e. The molecule has 0 amide bonds. The zero-order chi connectivity index (χ0) is 13.9. The number of halogens is 4. The van der Waals surface area contributed by atoms with Gasteiger partial charge in [-0.3, -0.25) is 0 Å². The van der Waals surface area contributed by atoms with Crippen LogP contribution in [0.3, 0.4) is 0 Å². The summed E-state index contributed by atoms with van der Waals surface area (Å²) in [6.45, 7) is 1.22. The van der Waals surface area contributed by atoms with E-state index in [1.54, 1.807) is 0 Å². The van der Waals surface area contributed by atoms with Gasteiger partial charge in [0.15, 0.2) is 0 Å². The lowest BCUT2D eigenvalue weighted by Gasteiger charge is -2.23. The van der Waals surface area contributed by atoms with Gasteiger partial charge in [-0.05, 0) is 25.3 Å². The molecule has 2 rings (SSSR count). The molecule has 0 aromatic carbocycles. The fourth-order valence-corrected chi connectivity index (χ4v) is 2.14. The lowest BCUT2D eigenvalue weighted by atomic mass is 10.1. The van der Waals surface area contributed by atoms with Gasteiger partial charge in [-0.1, -0.05) is 11.6 Å². The number of alkyl halides is 3. The van der Waals surface area contributed by atoms with Crippen LogP contribution in [-0.4, -0.2) is 24.2 Å². The van der Waals surface area contributed by atoms with Crippen LogP contribution < -0.4 is 5.32 Å². The summed E-state index contributed by atoms with van der Waals surface area (Å²) in [6, 6.07) is 0.874. The van der Waals surface area contributed by atoms with Crippen LogP contribution in [0, 0.1) is 0 Å². The molecule has 0 saturated carbocycles. The van der Waals surface area contributed by atoms with Crippen molar-refractivity contribution in [2.24, 2.45) is 0 Å². The Kier molecular flexibility index (Phi) is 4.52. The van der Waals surface area contributed by atoms with Gasteiger partial charge < -0.3 is 10.1 Å². The second-order valence-corrected chi connectivity index (χ2v) is 4.83. The van der Waals surface area contributed by atoms with Crippen molar-refractivity contribution < 1.29 is 17.9 Å². The summed E-state index contributed by atoms with van der Waals surface area (Å²) in [7, 11) is 0. The highest BCUT2D eigenvalue weighted by molar-refractivity contribution is 6.32. The molecule has 7 heteroatoms. The Morgan fingerprint density at radius 1 is 1.42 bits per heavy atom. The molecule has 1 aromatic heterocycles. The molecule has 0 spiro atoms. The SMILES string of the molecule is FC(F)(F)c1cnc(NCC2CCCCO2)c(Cl)c1. The molecule has 1 unspecified atom stereocenters. The highest BCUT2D eigenvalue weighted by Crippen LogP contribution is 2.32. The Labute approximate surface area is 114 Å². The quantitative estimate of drug-likeness (QED) is 0.922. The van der Waals surface area contributed by atoms with Gasteiger partial charge in [0.25, 0.3) is 0 Å². The second kappa shape index (κ2) is 5.96. The van der Waals surface area contributed by atoms with Crippen molar-refractivity contribution in [1.82, 2.24) is 4.98 Å². The van der Waals surface area contributed by atoms with Crippen molar-refractivity contribution in [3.05, 3.63) is 22.8 Å². The van der Waals surface area contributed by atoms with Crippen LogP contribution in [0.15, 0.2) is 12.3 Å². The molecule has 0 bridgehead atoms. The maximum atomic E-state index is 12.4. The van der Waals surface area contributed by atoms with Crippen LogP contribution in [0.4, 0.5) is 19.0 Å². The molecule has 1 aliphatic heterocycles. The van der Waals surface area contributed by atoms with E-state index in [4.69, 9.17) is 16.3 Å². The van der Waals surface area contributed by atoms with E-state index in [0.717, 1.165) is 38.1 Å². The topological polar surface area (TPSA) is 34.2 Å². The van der Waals surface area contributed by atoms with E-state index in [0.29, 0.717) is 6.54 Å². The monoisotopic (exact) mass is 294 g/mol. The van der Waals surface area contributed by atoms with E-state index >= 15 is 0 Å². The Balaban J connectivity index is 1.97. The summed E-state index contributed by atoms with van der Waals surface area (Å²) in [6.07, 6.45) is -0.506. The normalized spacial score (nSPS) is 20.3. The zero-order valence-corrected chi connectivity index (χ0v) is 10.9. The molecule has 19 heavy (non-hydrogen) atoms. The summed E-state index contributed by atoms with van der Waals surface area (Å²) < 4.78 is 42.8. The van der Waals surface area contributed by atoms with E-state index in [1.807, 2.05) is 0 Å². The smallest absolute Gasteiger partial charge is 0.376 e. The van der Waals surface area contributed by atoms with Crippen LogP contribution >= 0.6 is 11.6 Å². The zero-order valence-electron chi connectivity index (χ0n) is 10.1. The fourth-order valence-electron chi connectivity index (χ4n) is 1.90. The third-order valence-corrected chi connectivity index (χ3v) is 3.23. The number of nitrogens with one attached hydrogen (secondary N) is 1. The van der Waals surface area contributed by atoms with E-state index in [9.17, 15) is 13.2 Å². The number of anilines is 1. The molecule has 1 N–H and O–H groups in total. The number of hydrogen-bond acceptors (Lipinski definition) is 3. The van der Waals surface area contributed by atoms with Gasteiger partial charge in [0.05, 0.1) is 16.7 Å². The lowest BCUT2D eigenvalue weighted by Crippen LogP contribution is -2.27. The molecule has 1 atom stereocenters. The summed E-state index contributed by atoms with van der Waals surface area (Å²) >= 11 is 5.79. The Morgan fingerprint density at radius 3 is 2.79 bits per heavy atom. The number of rotatable bonds is 3. The molecule has 0 aliphatic carbocycles. The molecule has 3 nitrogen and oxygen atoms in total. The summed E-state index contributed by atoms with van der Waals surface area (Å²) in [5, 5.41) is 2.89. The number of nitrogens with zero attached hydrogens (tertiary/aromatic N) is 1. The summed E-state index contributed by atoms with van der Waals surface area (Å²) in [5.41, 5.74) is -0.850. The predicted molar refractivity (Wildman–Crippen MR) is 66.3 cm³/mol. The maximum absolute atomic E-state index is 12.4. The first-order valence-electron chi connectivity index (χ1n) is 6.05. The minimum absolute atomic E-state index is 0.0364. The fraction of sp³-hybridized carbons (Fsp3) is 0.583. The van der Waals surface area contributed by atoms with E-state index in [-0.39, 0.29) is 16.9 Å². The van der Waals surface area contributed by atoms with Crippen molar-refractivity contribution in [2.45, 2.75) is 31.5 Å². The van der Waals surface area contributed by atoms with Gasteiger partial charge in [-0.2, -0.15) is 13.2 Å². The Bertz CT molecular complexity index is 433. The Morgan fingerprint density at radius 2 is 2.21 bits per heavy atom. The van der Waals surface area contributed by atoms with Crippen LogP contribution in [0.25, 0.3) is 0 Å². The largest absolute Gasteiger partial charge is 0.417 e. The lowest BCUT2D eigenvalue weighted by molar-refractivity contribution is -0.137. The molecule has 0 radical (unpaired) electrons. The van der Waals surface area contributed by atoms with Gasteiger partial charge in [-0.25, -0.2) is 4.98 Å². The first-order valence-corrected chi connectivity index (χ1v) is 6.43. The molecule has 1 fully saturated rings. The minimum atomic E-state index is -4.43. The molecular weight excluding hydrogens is 281 g/mol. The molecule has 2 heterocycles. The van der Waals surface area contributed by atoms with E-state index < -0.39 is 11.7 Å². The van der Waals surface area contributed by atoms with Crippen LogP contribution in [-0.2, 0) is 10.9 Å². The molecule has 1 aliphatic rings. The van der Waals surface area contributed by atoms with Crippen molar-refractivity contribution in [3.63, 3.8) is 0 Å². The van der Waals surface area contributed by atoms with Crippen molar-refractivity contribution in [3.8, 4) is 0 Å². The maximum Gasteiger partial charge on any atom is 0.417 e. The third kappa shape index (κ3) is 3.98. The number of hydrogen-bond donors (Lipinski definition) is 1. The Hall–Kier alpha value is -1.01. The van der Waals surface area contributed by atoms with Crippen molar-refractivity contribution in [1.29, 1.82) is 0 Å². The molecular formula is C12H14ClF3N2O. The van der Waals surface area contributed by atoms with Crippen LogP contribution in [0.5, 0.6) is 0 Å². The van der Waals surface area contributed by atoms with Crippen LogP contribution in [0.2, 0.25) is 5.02 Å². The number of aromatic nitrogens is 1. The van der Waals surface area contributed by atoms with Gasteiger partial charge in [0, 0.05) is 19.3 Å². The highest BCUT2D eigenvalue weighted by Gasteiger charge is 2.31. The predicted octanol–water partition coefficient (Wildman–Crippen LogP) is 3.73. The van der Waals surface area contributed by atoms with Gasteiger partial charge in [0.2, 0.25) is 0 Å². The average molecular weight is 295 g/mol. The van der Waals surface area contributed by atoms with Crippen molar-refractivity contribution >= 4 is 17.4 Å². The van der Waals surface area contributed by atoms with Gasteiger partial charge >= 0.3 is 6.18 Å². The van der Waals surface area contributed by atoms with Crippen LogP contribution in [0.1, 0.15) is 24.8 Å². The highest BCUT2D eigenvalue weighted by atomic mass is 35.5. The van der Waals surface area contributed by atoms with Gasteiger partial charge in [-0.15, -0.1) is 0 Å². The van der Waals surface area contributed by atoms with Crippen molar-refractivity contribution in [2.75, 3.05) is 18.5 Å². The number of ether oxygens (including phenoxy) is 1. The standard InChI is InChI=1S/C12H14ClF3N2O/c13-10-5-8(12(14,15)16)6-17-11(10)18-7-9-3-1-2-4-19-9/h5-6,9H,1-4,7H2,(H,17,18). The molecule has 1 saturated heterocycles. The molecule has 106 valence electrons. The number of pyridine rings is 1. The average Bonchev–Trinajstić information content (AvgIpc) is 2.37. The third-order valence-electron chi connectivity index (χ3n) is 2.94. The van der Waals surface area contributed by atoms with E-state index in [1.165, 1.54) is 0 Å². The second-order valence-electron chi connectivity index (χ2n) is 4.42. The first-order chi connectivity index (χ1) is 8.97. The molecule has 1 aromatic rings. The summed E-state index contributed by atoms with van der Waals surface area (Å²) in [4.78, 5) is 3.71. The summed E-state index contributed by atoms with van der Waals surface area (Å²) in [5.74, 6) is 0.254. The first kappa shape index (κ1) is 14.4. The van der Waals surface area contributed by atoms with E-state index in [2.05, 4.69) is 10.3 Å². The van der Waals surface area contributed by atoms with Gasteiger partial charge in [0.1, 0.15) is 5.82 Å².